The molecular formula is C16H24BrNO. The number of hydrogen-bond acceptors (Lipinski definition) is 2. The maximum Gasteiger partial charge on any atom is 0.0772 e. The number of nitrogens with zero attached hydrogens (tertiary/aromatic N) is 1. The summed E-state index contributed by atoms with van der Waals surface area (Å²) in [6.45, 7) is 1.80. The van der Waals surface area contributed by atoms with Crippen LogP contribution in [0, 0.1) is 0 Å². The number of rotatable bonds is 3. The summed E-state index contributed by atoms with van der Waals surface area (Å²) >= 11 is 3.57. The third-order valence-electron chi connectivity index (χ3n) is 4.21. The molecule has 1 saturated carbocycles. The van der Waals surface area contributed by atoms with Crippen molar-refractivity contribution in [3.8, 4) is 0 Å². The van der Waals surface area contributed by atoms with Gasteiger partial charge in [-0.15, -0.1) is 0 Å². The van der Waals surface area contributed by atoms with E-state index >= 15 is 0 Å². The van der Waals surface area contributed by atoms with Gasteiger partial charge in [-0.05, 0) is 37.5 Å². The van der Waals surface area contributed by atoms with E-state index in [0.29, 0.717) is 6.04 Å². The smallest absolute Gasteiger partial charge is 0.0772 e. The van der Waals surface area contributed by atoms with Crippen molar-refractivity contribution in [3.05, 3.63) is 28.2 Å². The molecule has 1 aromatic rings. The van der Waals surface area contributed by atoms with E-state index < -0.39 is 6.10 Å². The van der Waals surface area contributed by atoms with Crippen LogP contribution >= 0.6 is 15.9 Å². The highest BCUT2D eigenvalue weighted by atomic mass is 79.9. The van der Waals surface area contributed by atoms with E-state index in [1.807, 2.05) is 6.07 Å². The maximum absolute atomic E-state index is 9.68. The standard InChI is InChI=1S/C16H24BrNO/c1-12(19)15-10-9-14(11-16(15)17)18(2)13-7-5-3-4-6-8-13/h9-13,19H,3-8H2,1-2H3/t12-/m1/s1. The Morgan fingerprint density at radius 3 is 2.37 bits per heavy atom. The Morgan fingerprint density at radius 2 is 1.84 bits per heavy atom. The Bertz CT molecular complexity index is 411. The zero-order valence-corrected chi connectivity index (χ0v) is 13.5. The van der Waals surface area contributed by atoms with E-state index in [1.54, 1.807) is 6.92 Å². The maximum atomic E-state index is 9.68. The lowest BCUT2D eigenvalue weighted by Gasteiger charge is -2.30. The van der Waals surface area contributed by atoms with Gasteiger partial charge in [0.15, 0.2) is 0 Å². The third kappa shape index (κ3) is 3.73. The molecule has 3 heteroatoms. The summed E-state index contributed by atoms with van der Waals surface area (Å²) in [7, 11) is 2.19. The summed E-state index contributed by atoms with van der Waals surface area (Å²) in [6, 6.07) is 6.94. The second kappa shape index (κ2) is 6.76. The van der Waals surface area contributed by atoms with Crippen LogP contribution in [0.1, 0.15) is 57.1 Å². The first kappa shape index (κ1) is 14.9. The van der Waals surface area contributed by atoms with Crippen LogP contribution in [0.5, 0.6) is 0 Å². The molecule has 0 unspecified atom stereocenters. The Labute approximate surface area is 124 Å². The van der Waals surface area contributed by atoms with Crippen molar-refractivity contribution in [2.75, 3.05) is 11.9 Å². The summed E-state index contributed by atoms with van der Waals surface area (Å²) < 4.78 is 1.00. The molecule has 1 aromatic carbocycles. The van der Waals surface area contributed by atoms with Gasteiger partial charge in [0.2, 0.25) is 0 Å². The lowest BCUT2D eigenvalue weighted by molar-refractivity contribution is 0.198. The van der Waals surface area contributed by atoms with Crippen molar-refractivity contribution in [1.29, 1.82) is 0 Å². The second-order valence-electron chi connectivity index (χ2n) is 5.64. The van der Waals surface area contributed by atoms with Crippen LogP contribution in [0.3, 0.4) is 0 Å². The number of hydrogen-bond donors (Lipinski definition) is 1. The third-order valence-corrected chi connectivity index (χ3v) is 4.90. The van der Waals surface area contributed by atoms with E-state index in [1.165, 1.54) is 44.2 Å². The van der Waals surface area contributed by atoms with E-state index in [-0.39, 0.29) is 0 Å². The van der Waals surface area contributed by atoms with Crippen LogP contribution in [0.25, 0.3) is 0 Å². The molecule has 0 bridgehead atoms. The van der Waals surface area contributed by atoms with Gasteiger partial charge < -0.3 is 10.0 Å². The molecule has 0 radical (unpaired) electrons. The Balaban J connectivity index is 2.14. The highest BCUT2D eigenvalue weighted by Crippen LogP contribution is 2.31. The Kier molecular flexibility index (Phi) is 5.28. The van der Waals surface area contributed by atoms with Crippen LogP contribution in [0.15, 0.2) is 22.7 Å². The monoisotopic (exact) mass is 325 g/mol. The SMILES string of the molecule is C[C@@H](O)c1ccc(N(C)C2CCCCCC2)cc1Br. The van der Waals surface area contributed by atoms with Gasteiger partial charge in [-0.25, -0.2) is 0 Å². The molecule has 1 aliphatic carbocycles. The number of halogens is 1. The van der Waals surface area contributed by atoms with Crippen LogP contribution in [-0.4, -0.2) is 18.2 Å². The van der Waals surface area contributed by atoms with Gasteiger partial charge in [-0.2, -0.15) is 0 Å². The minimum absolute atomic E-state index is 0.424. The van der Waals surface area contributed by atoms with Crippen molar-refractivity contribution in [2.45, 2.75) is 57.6 Å². The minimum atomic E-state index is -0.424. The normalized spacial score (nSPS) is 18.9. The van der Waals surface area contributed by atoms with Crippen LogP contribution in [0.2, 0.25) is 0 Å². The number of aliphatic hydroxyl groups is 1. The predicted octanol–water partition coefficient (Wildman–Crippen LogP) is 4.66. The summed E-state index contributed by atoms with van der Waals surface area (Å²) in [4.78, 5) is 2.40. The Hall–Kier alpha value is -0.540. The molecule has 106 valence electrons. The molecule has 2 rings (SSSR count). The number of aliphatic hydroxyl groups excluding tert-OH is 1. The molecule has 0 saturated heterocycles. The Morgan fingerprint density at radius 1 is 1.21 bits per heavy atom. The van der Waals surface area contributed by atoms with Gasteiger partial charge in [0.05, 0.1) is 6.10 Å². The summed E-state index contributed by atoms with van der Waals surface area (Å²) in [5.41, 5.74) is 2.20. The van der Waals surface area contributed by atoms with Gasteiger partial charge in [-0.3, -0.25) is 0 Å². The molecule has 2 nitrogen and oxygen atoms in total. The average Bonchev–Trinajstić information content (AvgIpc) is 2.66. The lowest BCUT2D eigenvalue weighted by atomic mass is 10.1. The van der Waals surface area contributed by atoms with E-state index in [4.69, 9.17) is 0 Å². The molecule has 0 amide bonds. The summed E-state index contributed by atoms with van der Waals surface area (Å²) in [6.07, 6.45) is 7.64. The zero-order valence-electron chi connectivity index (χ0n) is 11.9. The van der Waals surface area contributed by atoms with Gasteiger partial charge in [0, 0.05) is 23.2 Å². The molecule has 1 fully saturated rings. The lowest BCUT2D eigenvalue weighted by Crippen LogP contribution is -2.31. The summed E-state index contributed by atoms with van der Waals surface area (Å²) in [5.74, 6) is 0. The van der Waals surface area contributed by atoms with E-state index in [9.17, 15) is 5.11 Å². The topological polar surface area (TPSA) is 23.5 Å². The van der Waals surface area contributed by atoms with Gasteiger partial charge >= 0.3 is 0 Å². The van der Waals surface area contributed by atoms with Crippen molar-refractivity contribution in [1.82, 2.24) is 0 Å². The molecule has 0 aromatic heterocycles. The van der Waals surface area contributed by atoms with E-state index in [0.717, 1.165) is 10.0 Å². The fourth-order valence-corrected chi connectivity index (χ4v) is 3.63. The quantitative estimate of drug-likeness (QED) is 0.817. The fourth-order valence-electron chi connectivity index (χ4n) is 2.93. The van der Waals surface area contributed by atoms with Gasteiger partial charge in [0.1, 0.15) is 0 Å². The second-order valence-corrected chi connectivity index (χ2v) is 6.49. The highest BCUT2D eigenvalue weighted by molar-refractivity contribution is 9.10. The first-order valence-corrected chi connectivity index (χ1v) is 8.09. The van der Waals surface area contributed by atoms with Crippen molar-refractivity contribution in [2.24, 2.45) is 0 Å². The van der Waals surface area contributed by atoms with Crippen LogP contribution < -0.4 is 4.90 Å². The zero-order chi connectivity index (χ0) is 13.8. The fraction of sp³-hybridized carbons (Fsp3) is 0.625. The van der Waals surface area contributed by atoms with E-state index in [2.05, 4.69) is 40.0 Å². The average molecular weight is 326 g/mol. The van der Waals surface area contributed by atoms with Crippen LogP contribution in [0.4, 0.5) is 5.69 Å². The van der Waals surface area contributed by atoms with Crippen molar-refractivity contribution in [3.63, 3.8) is 0 Å². The first-order chi connectivity index (χ1) is 9.09. The molecule has 1 aliphatic rings. The predicted molar refractivity (Wildman–Crippen MR) is 84.7 cm³/mol. The molecule has 0 spiro atoms. The molecule has 19 heavy (non-hydrogen) atoms. The largest absolute Gasteiger partial charge is 0.389 e. The molecule has 1 atom stereocenters. The van der Waals surface area contributed by atoms with Gasteiger partial charge in [0.25, 0.3) is 0 Å². The number of benzene rings is 1. The van der Waals surface area contributed by atoms with Crippen LogP contribution in [-0.2, 0) is 0 Å². The molecule has 1 N–H and O–H groups in total. The minimum Gasteiger partial charge on any atom is -0.389 e. The molecular weight excluding hydrogens is 302 g/mol. The summed E-state index contributed by atoms with van der Waals surface area (Å²) in [5, 5.41) is 9.68. The van der Waals surface area contributed by atoms with Crippen molar-refractivity contribution < 1.29 is 5.11 Å². The first-order valence-electron chi connectivity index (χ1n) is 7.30. The van der Waals surface area contributed by atoms with Crippen molar-refractivity contribution >= 4 is 21.6 Å². The molecule has 0 heterocycles. The molecule has 0 aliphatic heterocycles. The highest BCUT2D eigenvalue weighted by Gasteiger charge is 2.18. The van der Waals surface area contributed by atoms with Gasteiger partial charge in [-0.1, -0.05) is 47.7 Å². The number of anilines is 1.